The fourth-order valence-corrected chi connectivity index (χ4v) is 1.56. The first-order valence-electron chi connectivity index (χ1n) is 6.48. The lowest BCUT2D eigenvalue weighted by atomic mass is 10.2. The minimum Gasteiger partial charge on any atom is -0.495 e. The number of benzene rings is 1. The zero-order valence-corrected chi connectivity index (χ0v) is 11.6. The van der Waals surface area contributed by atoms with E-state index >= 15 is 0 Å². The van der Waals surface area contributed by atoms with Crippen molar-refractivity contribution in [3.8, 4) is 5.75 Å². The number of para-hydroxylation sites is 2. The van der Waals surface area contributed by atoms with Gasteiger partial charge in [0.25, 0.3) is 0 Å². The SMILES string of the molecule is CCOCCOCC(O)CNc1ccccc1OC. The summed E-state index contributed by atoms with van der Waals surface area (Å²) in [7, 11) is 1.62. The van der Waals surface area contributed by atoms with E-state index in [-0.39, 0.29) is 6.61 Å². The molecule has 108 valence electrons. The molecule has 0 amide bonds. The van der Waals surface area contributed by atoms with Gasteiger partial charge in [0.1, 0.15) is 5.75 Å². The Kier molecular flexibility index (Phi) is 7.97. The van der Waals surface area contributed by atoms with Crippen molar-refractivity contribution in [1.82, 2.24) is 0 Å². The molecule has 0 saturated heterocycles. The maximum Gasteiger partial charge on any atom is 0.141 e. The summed E-state index contributed by atoms with van der Waals surface area (Å²) in [5.74, 6) is 0.756. The summed E-state index contributed by atoms with van der Waals surface area (Å²) in [5.41, 5.74) is 0.860. The van der Waals surface area contributed by atoms with Crippen molar-refractivity contribution in [2.75, 3.05) is 45.4 Å². The van der Waals surface area contributed by atoms with E-state index < -0.39 is 6.10 Å². The molecule has 0 aliphatic rings. The molecule has 0 heterocycles. The van der Waals surface area contributed by atoms with E-state index in [1.165, 1.54) is 0 Å². The highest BCUT2D eigenvalue weighted by Gasteiger charge is 2.06. The summed E-state index contributed by atoms with van der Waals surface area (Å²) in [6, 6.07) is 7.59. The minimum atomic E-state index is -0.563. The van der Waals surface area contributed by atoms with Crippen LogP contribution in [0.2, 0.25) is 0 Å². The highest BCUT2D eigenvalue weighted by atomic mass is 16.5. The third-order valence-electron chi connectivity index (χ3n) is 2.52. The van der Waals surface area contributed by atoms with Gasteiger partial charge in [0.15, 0.2) is 0 Å². The van der Waals surface area contributed by atoms with E-state index in [1.807, 2.05) is 31.2 Å². The summed E-state index contributed by atoms with van der Waals surface area (Å²) >= 11 is 0. The molecule has 0 aromatic heterocycles. The Morgan fingerprint density at radius 2 is 1.95 bits per heavy atom. The van der Waals surface area contributed by atoms with Crippen molar-refractivity contribution < 1.29 is 19.3 Å². The Bertz CT molecular complexity index is 346. The molecule has 1 atom stereocenters. The molecule has 0 saturated carbocycles. The van der Waals surface area contributed by atoms with Crippen molar-refractivity contribution >= 4 is 5.69 Å². The number of methoxy groups -OCH3 is 1. The lowest BCUT2D eigenvalue weighted by molar-refractivity contribution is 0.0103. The molecule has 19 heavy (non-hydrogen) atoms. The fourth-order valence-electron chi connectivity index (χ4n) is 1.56. The molecule has 0 fully saturated rings. The highest BCUT2D eigenvalue weighted by Crippen LogP contribution is 2.22. The monoisotopic (exact) mass is 269 g/mol. The van der Waals surface area contributed by atoms with Gasteiger partial charge in [0.2, 0.25) is 0 Å². The number of aliphatic hydroxyl groups excluding tert-OH is 1. The van der Waals surface area contributed by atoms with Gasteiger partial charge in [-0.3, -0.25) is 0 Å². The van der Waals surface area contributed by atoms with Crippen LogP contribution in [0.4, 0.5) is 5.69 Å². The molecule has 1 aromatic rings. The van der Waals surface area contributed by atoms with E-state index in [1.54, 1.807) is 7.11 Å². The van der Waals surface area contributed by atoms with Crippen molar-refractivity contribution in [2.24, 2.45) is 0 Å². The third kappa shape index (κ3) is 6.42. The number of rotatable bonds is 10. The van der Waals surface area contributed by atoms with E-state index in [9.17, 15) is 5.11 Å². The maximum absolute atomic E-state index is 9.76. The Balaban J connectivity index is 2.20. The van der Waals surface area contributed by atoms with Crippen LogP contribution in [-0.2, 0) is 9.47 Å². The standard InChI is InChI=1S/C14H23NO4/c1-3-18-8-9-19-11-12(16)10-15-13-6-4-5-7-14(13)17-2/h4-7,12,15-16H,3,8-11H2,1-2H3. The summed E-state index contributed by atoms with van der Waals surface area (Å²) in [5, 5.41) is 12.9. The van der Waals surface area contributed by atoms with Crippen molar-refractivity contribution in [1.29, 1.82) is 0 Å². The number of hydrogen-bond donors (Lipinski definition) is 2. The summed E-state index contributed by atoms with van der Waals surface area (Å²) < 4.78 is 15.6. The third-order valence-corrected chi connectivity index (χ3v) is 2.52. The van der Waals surface area contributed by atoms with Crippen LogP contribution < -0.4 is 10.1 Å². The topological polar surface area (TPSA) is 60.0 Å². The Morgan fingerprint density at radius 1 is 1.21 bits per heavy atom. The molecule has 1 aromatic carbocycles. The zero-order valence-electron chi connectivity index (χ0n) is 11.6. The largest absolute Gasteiger partial charge is 0.495 e. The van der Waals surface area contributed by atoms with Crippen LogP contribution in [0, 0.1) is 0 Å². The lowest BCUT2D eigenvalue weighted by Crippen LogP contribution is -2.25. The number of anilines is 1. The first kappa shape index (κ1) is 15.8. The molecule has 0 radical (unpaired) electrons. The van der Waals surface area contributed by atoms with Gasteiger partial charge < -0.3 is 24.6 Å². The quantitative estimate of drug-likeness (QED) is 0.631. The molecular formula is C14H23NO4. The Morgan fingerprint density at radius 3 is 2.68 bits per heavy atom. The van der Waals surface area contributed by atoms with Crippen LogP contribution in [0.5, 0.6) is 5.75 Å². The molecule has 0 bridgehead atoms. The summed E-state index contributed by atoms with van der Waals surface area (Å²) in [6.07, 6.45) is -0.563. The van der Waals surface area contributed by atoms with Gasteiger partial charge in [0.05, 0.1) is 38.7 Å². The van der Waals surface area contributed by atoms with Crippen molar-refractivity contribution in [2.45, 2.75) is 13.0 Å². The van der Waals surface area contributed by atoms with Crippen LogP contribution in [0.1, 0.15) is 6.92 Å². The molecule has 0 spiro atoms. The van der Waals surface area contributed by atoms with Crippen molar-refractivity contribution in [3.05, 3.63) is 24.3 Å². The lowest BCUT2D eigenvalue weighted by Gasteiger charge is -2.15. The molecule has 0 aliphatic carbocycles. The highest BCUT2D eigenvalue weighted by molar-refractivity contribution is 5.56. The molecule has 2 N–H and O–H groups in total. The van der Waals surface area contributed by atoms with Crippen LogP contribution >= 0.6 is 0 Å². The van der Waals surface area contributed by atoms with Gasteiger partial charge in [-0.25, -0.2) is 0 Å². The van der Waals surface area contributed by atoms with Gasteiger partial charge in [0, 0.05) is 13.2 Å². The molecule has 5 heteroatoms. The minimum absolute atomic E-state index is 0.287. The second kappa shape index (κ2) is 9.61. The molecule has 5 nitrogen and oxygen atoms in total. The van der Waals surface area contributed by atoms with Gasteiger partial charge in [-0.1, -0.05) is 12.1 Å². The average Bonchev–Trinajstić information content (AvgIpc) is 2.45. The van der Waals surface area contributed by atoms with Gasteiger partial charge in [-0.05, 0) is 19.1 Å². The Labute approximate surface area is 114 Å². The number of hydrogen-bond acceptors (Lipinski definition) is 5. The van der Waals surface area contributed by atoms with Crippen molar-refractivity contribution in [3.63, 3.8) is 0 Å². The molecule has 0 aliphatic heterocycles. The number of nitrogens with one attached hydrogen (secondary N) is 1. The second-order valence-corrected chi connectivity index (χ2v) is 4.01. The van der Waals surface area contributed by atoms with Crippen LogP contribution in [-0.4, -0.2) is 51.3 Å². The van der Waals surface area contributed by atoms with Crippen LogP contribution in [0.15, 0.2) is 24.3 Å². The van der Waals surface area contributed by atoms with Gasteiger partial charge in [-0.15, -0.1) is 0 Å². The summed E-state index contributed by atoms with van der Waals surface area (Å²) in [4.78, 5) is 0. The molecular weight excluding hydrogens is 246 g/mol. The normalized spacial score (nSPS) is 12.2. The smallest absolute Gasteiger partial charge is 0.141 e. The number of aliphatic hydroxyl groups is 1. The predicted molar refractivity (Wildman–Crippen MR) is 74.8 cm³/mol. The van der Waals surface area contributed by atoms with Gasteiger partial charge >= 0.3 is 0 Å². The van der Waals surface area contributed by atoms with E-state index in [0.29, 0.717) is 26.4 Å². The maximum atomic E-state index is 9.76. The first-order valence-corrected chi connectivity index (χ1v) is 6.48. The summed E-state index contributed by atoms with van der Waals surface area (Å²) in [6.45, 7) is 4.38. The van der Waals surface area contributed by atoms with E-state index in [4.69, 9.17) is 14.2 Å². The second-order valence-electron chi connectivity index (χ2n) is 4.01. The van der Waals surface area contributed by atoms with Gasteiger partial charge in [-0.2, -0.15) is 0 Å². The predicted octanol–water partition coefficient (Wildman–Crippen LogP) is 1.52. The zero-order chi connectivity index (χ0) is 13.9. The van der Waals surface area contributed by atoms with Crippen LogP contribution in [0.3, 0.4) is 0 Å². The number of ether oxygens (including phenoxy) is 3. The molecule has 1 unspecified atom stereocenters. The van der Waals surface area contributed by atoms with E-state index in [2.05, 4.69) is 5.32 Å². The first-order chi connectivity index (χ1) is 9.27. The Hall–Kier alpha value is -1.30. The fraction of sp³-hybridized carbons (Fsp3) is 0.571. The van der Waals surface area contributed by atoms with E-state index in [0.717, 1.165) is 11.4 Å². The average molecular weight is 269 g/mol. The van der Waals surface area contributed by atoms with Crippen LogP contribution in [0.25, 0.3) is 0 Å². The molecule has 1 rings (SSSR count).